The number of amides is 1. The Morgan fingerprint density at radius 1 is 1.56 bits per heavy atom. The van der Waals surface area contributed by atoms with Gasteiger partial charge in [-0.1, -0.05) is 11.6 Å². The van der Waals surface area contributed by atoms with Gasteiger partial charge in [-0.2, -0.15) is 0 Å². The number of benzene rings is 1. The molecule has 0 radical (unpaired) electrons. The normalized spacial score (nSPS) is 10.2. The van der Waals surface area contributed by atoms with Crippen LogP contribution in [0.5, 0.6) is 0 Å². The Hall–Kier alpha value is -1.13. The molecule has 0 bridgehead atoms. The average molecular weight is 245 g/mol. The van der Waals surface area contributed by atoms with Crippen molar-refractivity contribution in [1.29, 1.82) is 0 Å². The minimum absolute atomic E-state index is 0.0106. The van der Waals surface area contributed by atoms with Gasteiger partial charge in [-0.25, -0.2) is 4.39 Å². The number of hydrogen-bond acceptors (Lipinski definition) is 2. The predicted molar refractivity (Wildman–Crippen MR) is 63.1 cm³/mol. The van der Waals surface area contributed by atoms with Crippen LogP contribution in [0.25, 0.3) is 0 Å². The quantitative estimate of drug-likeness (QED) is 0.883. The Morgan fingerprint density at radius 3 is 2.75 bits per heavy atom. The first kappa shape index (κ1) is 12.9. The van der Waals surface area contributed by atoms with Crippen molar-refractivity contribution in [2.45, 2.75) is 13.3 Å². The Morgan fingerprint density at radius 2 is 2.25 bits per heavy atom. The summed E-state index contributed by atoms with van der Waals surface area (Å²) < 4.78 is 13.0. The summed E-state index contributed by atoms with van der Waals surface area (Å²) in [5.74, 6) is -0.583. The standard InChI is InChI=1S/C11H14ClFN2O/c1-2-15(11(16)5-6-14)8-3-4-10(13)9(12)7-8/h3-4,7H,2,5-6,14H2,1H3. The zero-order chi connectivity index (χ0) is 12.1. The number of nitrogens with two attached hydrogens (primary N) is 1. The van der Waals surface area contributed by atoms with Crippen molar-refractivity contribution in [3.63, 3.8) is 0 Å². The maximum Gasteiger partial charge on any atom is 0.228 e. The summed E-state index contributed by atoms with van der Waals surface area (Å²) >= 11 is 5.66. The molecule has 0 atom stereocenters. The van der Waals surface area contributed by atoms with Gasteiger partial charge in [0.25, 0.3) is 0 Å². The summed E-state index contributed by atoms with van der Waals surface area (Å²) in [6.45, 7) is 2.64. The van der Waals surface area contributed by atoms with E-state index in [0.29, 0.717) is 18.8 Å². The lowest BCUT2D eigenvalue weighted by Crippen LogP contribution is -2.32. The molecule has 0 saturated heterocycles. The lowest BCUT2D eigenvalue weighted by atomic mass is 10.2. The van der Waals surface area contributed by atoms with Gasteiger partial charge >= 0.3 is 0 Å². The molecule has 0 aliphatic rings. The van der Waals surface area contributed by atoms with E-state index in [4.69, 9.17) is 17.3 Å². The second-order valence-corrected chi connectivity index (χ2v) is 3.68. The first-order chi connectivity index (χ1) is 7.60. The lowest BCUT2D eigenvalue weighted by Gasteiger charge is -2.21. The summed E-state index contributed by atoms with van der Waals surface area (Å²) in [4.78, 5) is 13.2. The summed E-state index contributed by atoms with van der Waals surface area (Å²) in [6, 6.07) is 4.21. The van der Waals surface area contributed by atoms with Gasteiger partial charge in [-0.15, -0.1) is 0 Å². The summed E-state index contributed by atoms with van der Waals surface area (Å²) in [5, 5.41) is 0.0106. The zero-order valence-electron chi connectivity index (χ0n) is 9.04. The Balaban J connectivity index is 2.95. The molecule has 0 spiro atoms. The van der Waals surface area contributed by atoms with Gasteiger partial charge in [0, 0.05) is 25.2 Å². The molecular weight excluding hydrogens is 231 g/mol. The molecule has 0 unspecified atom stereocenters. The van der Waals surface area contributed by atoms with Crippen molar-refractivity contribution in [1.82, 2.24) is 0 Å². The summed E-state index contributed by atoms with van der Waals surface area (Å²) in [7, 11) is 0. The topological polar surface area (TPSA) is 46.3 Å². The van der Waals surface area contributed by atoms with Gasteiger partial charge in [-0.05, 0) is 25.1 Å². The fourth-order valence-electron chi connectivity index (χ4n) is 1.41. The molecule has 1 aromatic carbocycles. The van der Waals surface area contributed by atoms with Crippen LogP contribution < -0.4 is 10.6 Å². The maximum atomic E-state index is 13.0. The van der Waals surface area contributed by atoms with Gasteiger partial charge < -0.3 is 10.6 Å². The second-order valence-electron chi connectivity index (χ2n) is 3.28. The van der Waals surface area contributed by atoms with Crippen molar-refractivity contribution >= 4 is 23.2 Å². The van der Waals surface area contributed by atoms with E-state index in [-0.39, 0.29) is 17.4 Å². The van der Waals surface area contributed by atoms with Crippen LogP contribution in [0.2, 0.25) is 5.02 Å². The number of nitrogens with zero attached hydrogens (tertiary/aromatic N) is 1. The Kier molecular flexibility index (Phi) is 4.71. The van der Waals surface area contributed by atoms with E-state index in [1.165, 1.54) is 23.1 Å². The third-order valence-electron chi connectivity index (χ3n) is 2.19. The molecule has 2 N–H and O–H groups in total. The molecule has 5 heteroatoms. The highest BCUT2D eigenvalue weighted by molar-refractivity contribution is 6.31. The van der Waals surface area contributed by atoms with Crippen molar-refractivity contribution in [3.05, 3.63) is 29.0 Å². The number of hydrogen-bond donors (Lipinski definition) is 1. The van der Waals surface area contributed by atoms with Gasteiger partial charge in [0.15, 0.2) is 0 Å². The molecular formula is C11H14ClFN2O. The van der Waals surface area contributed by atoms with Crippen LogP contribution in [-0.2, 0) is 4.79 Å². The van der Waals surface area contributed by atoms with Crippen LogP contribution in [0.4, 0.5) is 10.1 Å². The van der Waals surface area contributed by atoms with Crippen LogP contribution in [0.1, 0.15) is 13.3 Å². The largest absolute Gasteiger partial charge is 0.330 e. The molecule has 0 heterocycles. The summed E-state index contributed by atoms with van der Waals surface area (Å²) in [6.07, 6.45) is 0.267. The van der Waals surface area contributed by atoms with E-state index in [1.807, 2.05) is 6.92 Å². The minimum atomic E-state index is -0.493. The van der Waals surface area contributed by atoms with E-state index >= 15 is 0 Å². The monoisotopic (exact) mass is 244 g/mol. The SMILES string of the molecule is CCN(C(=O)CCN)c1ccc(F)c(Cl)c1. The molecule has 88 valence electrons. The number of carbonyl (C=O) groups is 1. The van der Waals surface area contributed by atoms with Crippen molar-refractivity contribution in [2.75, 3.05) is 18.0 Å². The van der Waals surface area contributed by atoms with E-state index in [9.17, 15) is 9.18 Å². The zero-order valence-corrected chi connectivity index (χ0v) is 9.80. The van der Waals surface area contributed by atoms with Gasteiger partial charge in [0.2, 0.25) is 5.91 Å². The molecule has 0 aromatic heterocycles. The minimum Gasteiger partial charge on any atom is -0.330 e. The van der Waals surface area contributed by atoms with Gasteiger partial charge in [-0.3, -0.25) is 4.79 Å². The highest BCUT2D eigenvalue weighted by Gasteiger charge is 2.14. The van der Waals surface area contributed by atoms with Crippen molar-refractivity contribution in [3.8, 4) is 0 Å². The van der Waals surface area contributed by atoms with Crippen molar-refractivity contribution < 1.29 is 9.18 Å². The fourth-order valence-corrected chi connectivity index (χ4v) is 1.59. The molecule has 1 rings (SSSR count). The van der Waals surface area contributed by atoms with Crippen LogP contribution in [0.3, 0.4) is 0 Å². The number of carbonyl (C=O) groups excluding carboxylic acids is 1. The molecule has 1 amide bonds. The highest BCUT2D eigenvalue weighted by Crippen LogP contribution is 2.22. The van der Waals surface area contributed by atoms with Crippen LogP contribution in [0.15, 0.2) is 18.2 Å². The first-order valence-corrected chi connectivity index (χ1v) is 5.43. The van der Waals surface area contributed by atoms with Crippen molar-refractivity contribution in [2.24, 2.45) is 5.73 Å². The van der Waals surface area contributed by atoms with E-state index in [1.54, 1.807) is 0 Å². The molecule has 1 aromatic rings. The molecule has 3 nitrogen and oxygen atoms in total. The Labute approximate surface area is 99.0 Å². The van der Waals surface area contributed by atoms with E-state index < -0.39 is 5.82 Å². The Bertz CT molecular complexity index is 384. The number of anilines is 1. The molecule has 0 aliphatic heterocycles. The van der Waals surface area contributed by atoms with E-state index in [2.05, 4.69) is 0 Å². The fraction of sp³-hybridized carbons (Fsp3) is 0.364. The van der Waals surface area contributed by atoms with Gasteiger partial charge in [0.05, 0.1) is 5.02 Å². The van der Waals surface area contributed by atoms with Gasteiger partial charge in [0.1, 0.15) is 5.82 Å². The maximum absolute atomic E-state index is 13.0. The predicted octanol–water partition coefficient (Wildman–Crippen LogP) is 2.18. The van der Waals surface area contributed by atoms with E-state index in [0.717, 1.165) is 0 Å². The number of halogens is 2. The second kappa shape index (κ2) is 5.82. The smallest absolute Gasteiger partial charge is 0.228 e. The molecule has 0 fully saturated rings. The van der Waals surface area contributed by atoms with Crippen LogP contribution >= 0.6 is 11.6 Å². The third kappa shape index (κ3) is 2.93. The first-order valence-electron chi connectivity index (χ1n) is 5.05. The molecule has 0 aliphatic carbocycles. The number of rotatable bonds is 4. The highest BCUT2D eigenvalue weighted by atomic mass is 35.5. The molecule has 16 heavy (non-hydrogen) atoms. The third-order valence-corrected chi connectivity index (χ3v) is 2.48. The molecule has 0 saturated carbocycles. The van der Waals surface area contributed by atoms with Crippen LogP contribution in [-0.4, -0.2) is 19.0 Å². The van der Waals surface area contributed by atoms with Crippen LogP contribution in [0, 0.1) is 5.82 Å². The lowest BCUT2D eigenvalue weighted by molar-refractivity contribution is -0.118. The summed E-state index contributed by atoms with van der Waals surface area (Å²) in [5.41, 5.74) is 5.91. The average Bonchev–Trinajstić information content (AvgIpc) is 2.25.